The second-order valence-corrected chi connectivity index (χ2v) is 5.67. The van der Waals surface area contributed by atoms with Crippen molar-refractivity contribution in [3.63, 3.8) is 0 Å². The molecule has 0 aliphatic heterocycles. The Kier molecular flexibility index (Phi) is 3.94. The molecule has 0 fully saturated rings. The molecule has 0 unspecified atom stereocenters. The first-order valence-electron chi connectivity index (χ1n) is 5.77. The van der Waals surface area contributed by atoms with Gasteiger partial charge in [0.2, 0.25) is 0 Å². The van der Waals surface area contributed by atoms with Crippen molar-refractivity contribution in [2.75, 3.05) is 7.11 Å². The molecule has 0 bridgehead atoms. The zero-order chi connectivity index (χ0) is 14.8. The van der Waals surface area contributed by atoms with Crippen molar-refractivity contribution in [1.82, 2.24) is 0 Å². The maximum Gasteiger partial charge on any atom is 0.339 e. The van der Waals surface area contributed by atoms with Crippen LogP contribution in [0.25, 0.3) is 0 Å². The Morgan fingerprint density at radius 3 is 2.40 bits per heavy atom. The number of aryl methyl sites for hydroxylation is 1. The number of rotatable bonds is 4. The molecule has 0 aromatic heterocycles. The molecule has 2 aromatic rings. The van der Waals surface area contributed by atoms with E-state index < -0.39 is 15.9 Å². The van der Waals surface area contributed by atoms with Crippen LogP contribution in [0.4, 0.5) is 4.39 Å². The van der Waals surface area contributed by atoms with Crippen LogP contribution in [0.5, 0.6) is 11.5 Å². The molecule has 20 heavy (non-hydrogen) atoms. The van der Waals surface area contributed by atoms with Crippen molar-refractivity contribution in [2.24, 2.45) is 0 Å². The molecule has 0 saturated heterocycles. The standard InChI is InChI=1S/C14H13FO4S/c1-10-8-13(6-7-14(10)15)20(16,17)19-12-5-3-4-11(9-12)18-2/h3-9H,1-2H3. The number of halogens is 1. The van der Waals surface area contributed by atoms with Gasteiger partial charge in [-0.05, 0) is 42.8 Å². The minimum absolute atomic E-state index is 0.0979. The van der Waals surface area contributed by atoms with Gasteiger partial charge >= 0.3 is 10.1 Å². The van der Waals surface area contributed by atoms with Gasteiger partial charge in [-0.3, -0.25) is 0 Å². The SMILES string of the molecule is COc1cccc(OS(=O)(=O)c2ccc(F)c(C)c2)c1. The van der Waals surface area contributed by atoms with Gasteiger partial charge in [0.1, 0.15) is 22.2 Å². The fourth-order valence-electron chi connectivity index (χ4n) is 1.60. The summed E-state index contributed by atoms with van der Waals surface area (Å²) < 4.78 is 47.3. The molecule has 4 nitrogen and oxygen atoms in total. The zero-order valence-electron chi connectivity index (χ0n) is 11.0. The minimum atomic E-state index is -4.00. The van der Waals surface area contributed by atoms with E-state index in [9.17, 15) is 12.8 Å². The summed E-state index contributed by atoms with van der Waals surface area (Å²) >= 11 is 0. The maximum atomic E-state index is 13.2. The van der Waals surface area contributed by atoms with E-state index in [-0.39, 0.29) is 16.2 Å². The Bertz CT molecular complexity index is 726. The van der Waals surface area contributed by atoms with Gasteiger partial charge in [0.15, 0.2) is 0 Å². The average molecular weight is 296 g/mol. The molecule has 0 atom stereocenters. The lowest BCUT2D eigenvalue weighted by atomic mass is 10.2. The molecular formula is C14H13FO4S. The lowest BCUT2D eigenvalue weighted by Gasteiger charge is -2.09. The first kappa shape index (κ1) is 14.3. The highest BCUT2D eigenvalue weighted by Crippen LogP contribution is 2.23. The summed E-state index contributed by atoms with van der Waals surface area (Å²) in [5.74, 6) is 0.143. The topological polar surface area (TPSA) is 52.6 Å². The van der Waals surface area contributed by atoms with Crippen LogP contribution in [0.3, 0.4) is 0 Å². The Morgan fingerprint density at radius 2 is 1.75 bits per heavy atom. The van der Waals surface area contributed by atoms with Gasteiger partial charge in [-0.25, -0.2) is 4.39 Å². The van der Waals surface area contributed by atoms with Crippen LogP contribution in [0.15, 0.2) is 47.4 Å². The molecule has 2 aromatic carbocycles. The van der Waals surface area contributed by atoms with Gasteiger partial charge in [-0.1, -0.05) is 6.07 Å². The molecule has 0 radical (unpaired) electrons. The molecule has 0 aliphatic rings. The van der Waals surface area contributed by atoms with E-state index in [0.717, 1.165) is 12.1 Å². The lowest BCUT2D eigenvalue weighted by Crippen LogP contribution is -2.10. The Balaban J connectivity index is 2.32. The van der Waals surface area contributed by atoms with Gasteiger partial charge in [0, 0.05) is 6.07 Å². The molecule has 0 spiro atoms. The van der Waals surface area contributed by atoms with Crippen molar-refractivity contribution in [3.8, 4) is 11.5 Å². The normalized spacial score (nSPS) is 11.2. The fraction of sp³-hybridized carbons (Fsp3) is 0.143. The molecule has 0 heterocycles. The van der Waals surface area contributed by atoms with E-state index in [4.69, 9.17) is 8.92 Å². The largest absolute Gasteiger partial charge is 0.497 e. The number of ether oxygens (including phenoxy) is 1. The molecule has 2 rings (SSSR count). The van der Waals surface area contributed by atoms with Crippen molar-refractivity contribution in [2.45, 2.75) is 11.8 Å². The van der Waals surface area contributed by atoms with Gasteiger partial charge in [0.05, 0.1) is 7.11 Å². The summed E-state index contributed by atoms with van der Waals surface area (Å²) in [6.07, 6.45) is 0. The van der Waals surface area contributed by atoms with Crippen LogP contribution < -0.4 is 8.92 Å². The monoisotopic (exact) mass is 296 g/mol. The molecular weight excluding hydrogens is 283 g/mol. The lowest BCUT2D eigenvalue weighted by molar-refractivity contribution is 0.411. The summed E-state index contributed by atoms with van der Waals surface area (Å²) in [6, 6.07) is 9.71. The van der Waals surface area contributed by atoms with Crippen LogP contribution in [0.2, 0.25) is 0 Å². The molecule has 0 amide bonds. The van der Waals surface area contributed by atoms with Gasteiger partial charge in [-0.2, -0.15) is 8.42 Å². The average Bonchev–Trinajstić information content (AvgIpc) is 2.41. The van der Waals surface area contributed by atoms with Gasteiger partial charge in [-0.15, -0.1) is 0 Å². The third-order valence-electron chi connectivity index (χ3n) is 2.67. The maximum absolute atomic E-state index is 13.2. The van der Waals surface area contributed by atoms with Crippen molar-refractivity contribution < 1.29 is 21.7 Å². The Morgan fingerprint density at radius 1 is 1.05 bits per heavy atom. The quantitative estimate of drug-likeness (QED) is 0.814. The fourth-order valence-corrected chi connectivity index (χ4v) is 2.61. The van der Waals surface area contributed by atoms with Gasteiger partial charge in [0.25, 0.3) is 0 Å². The van der Waals surface area contributed by atoms with Crippen LogP contribution in [-0.2, 0) is 10.1 Å². The molecule has 0 saturated carbocycles. The second-order valence-electron chi connectivity index (χ2n) is 4.13. The summed E-state index contributed by atoms with van der Waals surface area (Å²) in [5.41, 5.74) is 0.236. The highest BCUT2D eigenvalue weighted by atomic mass is 32.2. The van der Waals surface area contributed by atoms with E-state index in [0.29, 0.717) is 5.75 Å². The Hall–Kier alpha value is -2.08. The molecule has 106 valence electrons. The number of hydrogen-bond acceptors (Lipinski definition) is 4. The predicted octanol–water partition coefficient (Wildman–Crippen LogP) is 2.91. The van der Waals surface area contributed by atoms with Gasteiger partial charge < -0.3 is 8.92 Å². The summed E-state index contributed by atoms with van der Waals surface area (Å²) in [5, 5.41) is 0. The van der Waals surface area contributed by atoms with Crippen molar-refractivity contribution in [3.05, 3.63) is 53.8 Å². The van der Waals surface area contributed by atoms with E-state index in [1.807, 2.05) is 0 Å². The highest BCUT2D eigenvalue weighted by molar-refractivity contribution is 7.87. The third-order valence-corrected chi connectivity index (χ3v) is 3.91. The minimum Gasteiger partial charge on any atom is -0.497 e. The Labute approximate surface area is 116 Å². The first-order chi connectivity index (χ1) is 9.42. The third kappa shape index (κ3) is 3.08. The van der Waals surface area contributed by atoms with E-state index >= 15 is 0 Å². The number of methoxy groups -OCH3 is 1. The van der Waals surface area contributed by atoms with E-state index in [1.165, 1.54) is 32.2 Å². The molecule has 0 N–H and O–H groups in total. The number of benzene rings is 2. The van der Waals surface area contributed by atoms with Crippen LogP contribution in [0.1, 0.15) is 5.56 Å². The second kappa shape index (κ2) is 5.50. The van der Waals surface area contributed by atoms with Crippen molar-refractivity contribution in [1.29, 1.82) is 0 Å². The van der Waals surface area contributed by atoms with E-state index in [1.54, 1.807) is 12.1 Å². The smallest absolute Gasteiger partial charge is 0.339 e. The zero-order valence-corrected chi connectivity index (χ0v) is 11.8. The first-order valence-corrected chi connectivity index (χ1v) is 7.18. The van der Waals surface area contributed by atoms with Crippen LogP contribution in [-0.4, -0.2) is 15.5 Å². The molecule has 6 heteroatoms. The van der Waals surface area contributed by atoms with E-state index in [2.05, 4.69) is 0 Å². The summed E-state index contributed by atoms with van der Waals surface area (Å²) in [6.45, 7) is 1.49. The highest BCUT2D eigenvalue weighted by Gasteiger charge is 2.18. The predicted molar refractivity (Wildman–Crippen MR) is 71.9 cm³/mol. The molecule has 0 aliphatic carbocycles. The summed E-state index contributed by atoms with van der Waals surface area (Å²) in [7, 11) is -2.53. The van der Waals surface area contributed by atoms with Crippen LogP contribution in [0, 0.1) is 12.7 Å². The number of hydrogen-bond donors (Lipinski definition) is 0. The van der Waals surface area contributed by atoms with Crippen LogP contribution >= 0.6 is 0 Å². The van der Waals surface area contributed by atoms with Crippen molar-refractivity contribution >= 4 is 10.1 Å². The summed E-state index contributed by atoms with van der Waals surface area (Å²) in [4.78, 5) is -0.0979.